The minimum absolute atomic E-state index is 0.111. The van der Waals surface area contributed by atoms with Gasteiger partial charge < -0.3 is 29.7 Å². The summed E-state index contributed by atoms with van der Waals surface area (Å²) >= 11 is 0. The van der Waals surface area contributed by atoms with Crippen molar-refractivity contribution in [2.75, 3.05) is 13.2 Å². The van der Waals surface area contributed by atoms with Gasteiger partial charge in [-0.3, -0.25) is 14.4 Å². The monoisotopic (exact) mass is 595 g/mol. The molecule has 0 bridgehead atoms. The molecule has 0 aromatic heterocycles. The van der Waals surface area contributed by atoms with E-state index >= 15 is 0 Å². The minimum atomic E-state index is -1.44. The molecule has 1 aliphatic rings. The van der Waals surface area contributed by atoms with Gasteiger partial charge in [-0.05, 0) is 59.1 Å². The molecule has 10 nitrogen and oxygen atoms in total. The Balaban J connectivity index is 2.11. The third kappa shape index (κ3) is 8.13. The molecule has 0 radical (unpaired) electrons. The number of amides is 3. The molecule has 1 heterocycles. The number of nitrogens with one attached hydrogen (secondary N) is 2. The van der Waals surface area contributed by atoms with Gasteiger partial charge in [0.15, 0.2) is 0 Å². The number of benzene rings is 2. The number of hydrogen-bond donors (Lipinski definition) is 2. The highest BCUT2D eigenvalue weighted by Gasteiger charge is 2.58. The van der Waals surface area contributed by atoms with E-state index in [1.807, 2.05) is 60.7 Å². The lowest BCUT2D eigenvalue weighted by atomic mass is 9.69. The molecule has 2 N–H and O–H groups in total. The largest absolute Gasteiger partial charge is 0.465 e. The summed E-state index contributed by atoms with van der Waals surface area (Å²) in [5.41, 5.74) is -2.05. The van der Waals surface area contributed by atoms with E-state index in [0.717, 1.165) is 5.56 Å². The first-order valence-electron chi connectivity index (χ1n) is 14.7. The maximum Gasteiger partial charge on any atom is 0.408 e. The summed E-state index contributed by atoms with van der Waals surface area (Å²) in [6, 6.07) is 18.6. The van der Waals surface area contributed by atoms with E-state index in [0.29, 0.717) is 5.56 Å². The predicted molar refractivity (Wildman–Crippen MR) is 162 cm³/mol. The molecule has 0 spiro atoms. The van der Waals surface area contributed by atoms with Crippen molar-refractivity contribution in [1.29, 1.82) is 0 Å². The number of esters is 1. The molecule has 43 heavy (non-hydrogen) atoms. The van der Waals surface area contributed by atoms with E-state index in [-0.39, 0.29) is 38.5 Å². The first-order valence-corrected chi connectivity index (χ1v) is 14.7. The van der Waals surface area contributed by atoms with Crippen molar-refractivity contribution in [3.63, 3.8) is 0 Å². The second-order valence-electron chi connectivity index (χ2n) is 12.1. The SMILES string of the molecule is CCOC(=O)C1(c2ccccc2)CCN(C(=O)CC)C(NC(=O)C(C)(C)NC(=O)OC(C)(C)C)C1OCc1ccccc1. The van der Waals surface area contributed by atoms with Crippen LogP contribution in [0, 0.1) is 0 Å². The van der Waals surface area contributed by atoms with Crippen molar-refractivity contribution in [1.82, 2.24) is 15.5 Å². The first-order chi connectivity index (χ1) is 20.2. The maximum atomic E-state index is 14.0. The van der Waals surface area contributed by atoms with Gasteiger partial charge in [0.1, 0.15) is 28.8 Å². The fourth-order valence-electron chi connectivity index (χ4n) is 5.21. The molecule has 10 heteroatoms. The van der Waals surface area contributed by atoms with Gasteiger partial charge >= 0.3 is 12.1 Å². The second kappa shape index (κ2) is 14.0. The van der Waals surface area contributed by atoms with Crippen LogP contribution in [0.15, 0.2) is 60.7 Å². The van der Waals surface area contributed by atoms with E-state index in [2.05, 4.69) is 10.6 Å². The first kappa shape index (κ1) is 33.6. The van der Waals surface area contributed by atoms with E-state index < -0.39 is 46.8 Å². The number of carbonyl (C=O) groups excluding carboxylic acids is 4. The van der Waals surface area contributed by atoms with Gasteiger partial charge in [-0.25, -0.2) is 4.79 Å². The Morgan fingerprint density at radius 3 is 2.09 bits per heavy atom. The normalized spacial score (nSPS) is 20.6. The Kier molecular flexibility index (Phi) is 11.0. The van der Waals surface area contributed by atoms with E-state index in [9.17, 15) is 19.2 Å². The summed E-state index contributed by atoms with van der Waals surface area (Å²) in [7, 11) is 0. The van der Waals surface area contributed by atoms with Crippen LogP contribution < -0.4 is 10.6 Å². The molecule has 0 saturated carbocycles. The summed E-state index contributed by atoms with van der Waals surface area (Å²) in [4.78, 5) is 55.3. The van der Waals surface area contributed by atoms with Crippen LogP contribution in [0.25, 0.3) is 0 Å². The highest BCUT2D eigenvalue weighted by atomic mass is 16.6. The highest BCUT2D eigenvalue weighted by molar-refractivity contribution is 5.91. The molecule has 3 rings (SSSR count). The molecule has 234 valence electrons. The average molecular weight is 596 g/mol. The molecule has 0 aliphatic carbocycles. The van der Waals surface area contributed by atoms with Crippen LogP contribution >= 0.6 is 0 Å². The number of hydrogen-bond acceptors (Lipinski definition) is 7. The highest BCUT2D eigenvalue weighted by Crippen LogP contribution is 2.42. The van der Waals surface area contributed by atoms with Crippen molar-refractivity contribution >= 4 is 23.9 Å². The lowest BCUT2D eigenvalue weighted by Gasteiger charge is -2.51. The smallest absolute Gasteiger partial charge is 0.408 e. The number of likely N-dealkylation sites (tertiary alicyclic amines) is 1. The van der Waals surface area contributed by atoms with E-state index in [1.165, 1.54) is 18.7 Å². The van der Waals surface area contributed by atoms with Crippen LogP contribution in [0.5, 0.6) is 0 Å². The molecule has 3 unspecified atom stereocenters. The summed E-state index contributed by atoms with van der Waals surface area (Å²) < 4.78 is 17.6. The Morgan fingerprint density at radius 1 is 0.930 bits per heavy atom. The fourth-order valence-corrected chi connectivity index (χ4v) is 5.21. The standard InChI is InChI=1S/C33H45N3O7/c1-8-25(37)36-21-20-33(29(39)41-9-2,24-18-14-11-15-19-24)26(42-22-23-16-12-10-13-17-23)27(36)34-28(38)32(6,7)35-30(40)43-31(3,4)5/h10-19,26-27H,8-9,20-22H2,1-7H3,(H,34,38)(H,35,40). The Hall–Kier alpha value is -3.92. The molecule has 1 fully saturated rings. The zero-order valence-electron chi connectivity index (χ0n) is 26.3. The number of carbonyl (C=O) groups is 4. The van der Waals surface area contributed by atoms with E-state index in [4.69, 9.17) is 14.2 Å². The van der Waals surface area contributed by atoms with Crippen LogP contribution in [-0.4, -0.2) is 65.3 Å². The fraction of sp³-hybridized carbons (Fsp3) is 0.515. The topological polar surface area (TPSA) is 123 Å². The van der Waals surface area contributed by atoms with Crippen LogP contribution in [0.4, 0.5) is 4.79 Å². The van der Waals surface area contributed by atoms with Crippen molar-refractivity contribution in [3.05, 3.63) is 71.8 Å². The number of nitrogens with zero attached hydrogens (tertiary/aromatic N) is 1. The van der Waals surface area contributed by atoms with Crippen molar-refractivity contribution in [2.45, 2.75) is 96.7 Å². The minimum Gasteiger partial charge on any atom is -0.465 e. The number of alkyl carbamates (subject to hydrolysis) is 1. The van der Waals surface area contributed by atoms with Gasteiger partial charge in [0.25, 0.3) is 0 Å². The van der Waals surface area contributed by atoms with Crippen LogP contribution in [0.3, 0.4) is 0 Å². The third-order valence-electron chi connectivity index (χ3n) is 7.34. The number of rotatable bonds is 10. The Morgan fingerprint density at radius 2 is 1.53 bits per heavy atom. The zero-order valence-corrected chi connectivity index (χ0v) is 26.3. The maximum absolute atomic E-state index is 14.0. The van der Waals surface area contributed by atoms with Gasteiger partial charge in [0.05, 0.1) is 13.2 Å². The van der Waals surface area contributed by atoms with E-state index in [1.54, 1.807) is 34.6 Å². The zero-order chi connectivity index (χ0) is 31.8. The Labute approximate surface area is 254 Å². The second-order valence-corrected chi connectivity index (χ2v) is 12.1. The molecular weight excluding hydrogens is 550 g/mol. The lowest BCUT2D eigenvalue weighted by Crippen LogP contribution is -2.71. The summed E-state index contributed by atoms with van der Waals surface area (Å²) in [5, 5.41) is 5.58. The molecule has 1 saturated heterocycles. The van der Waals surface area contributed by atoms with Gasteiger partial charge in [-0.2, -0.15) is 0 Å². The van der Waals surface area contributed by atoms with Crippen molar-refractivity contribution in [2.24, 2.45) is 0 Å². The molecular formula is C33H45N3O7. The summed E-state index contributed by atoms with van der Waals surface area (Å²) in [5.74, 6) is -1.31. The molecule has 3 atom stereocenters. The van der Waals surface area contributed by atoms with Crippen LogP contribution in [0.2, 0.25) is 0 Å². The third-order valence-corrected chi connectivity index (χ3v) is 7.34. The predicted octanol–water partition coefficient (Wildman–Crippen LogP) is 4.46. The number of ether oxygens (including phenoxy) is 3. The van der Waals surface area contributed by atoms with Gasteiger partial charge in [0, 0.05) is 13.0 Å². The van der Waals surface area contributed by atoms with Gasteiger partial charge in [-0.15, -0.1) is 0 Å². The molecule has 2 aromatic rings. The summed E-state index contributed by atoms with van der Waals surface area (Å²) in [6.45, 7) is 12.1. The molecule has 2 aromatic carbocycles. The molecule has 1 aliphatic heterocycles. The van der Waals surface area contributed by atoms with Gasteiger partial charge in [-0.1, -0.05) is 67.6 Å². The average Bonchev–Trinajstić information content (AvgIpc) is 2.95. The van der Waals surface area contributed by atoms with Crippen LogP contribution in [-0.2, 0) is 40.6 Å². The van der Waals surface area contributed by atoms with Crippen molar-refractivity contribution in [3.8, 4) is 0 Å². The number of piperidine rings is 1. The van der Waals surface area contributed by atoms with Crippen molar-refractivity contribution < 1.29 is 33.4 Å². The Bertz CT molecular complexity index is 1260. The van der Waals surface area contributed by atoms with Crippen LogP contribution in [0.1, 0.15) is 72.4 Å². The van der Waals surface area contributed by atoms with Gasteiger partial charge in [0.2, 0.25) is 11.8 Å². The lowest BCUT2D eigenvalue weighted by molar-refractivity contribution is -0.177. The quantitative estimate of drug-likeness (QED) is 0.389. The molecule has 3 amide bonds. The summed E-state index contributed by atoms with van der Waals surface area (Å²) in [6.07, 6.45) is -2.48.